The van der Waals surface area contributed by atoms with Crippen molar-refractivity contribution in [2.75, 3.05) is 19.7 Å². The number of carbonyl (C=O) groups is 2. The number of aliphatic hydroxyl groups is 1. The summed E-state index contributed by atoms with van der Waals surface area (Å²) in [6, 6.07) is 7.02. The van der Waals surface area contributed by atoms with Crippen molar-refractivity contribution in [3.05, 3.63) is 35.9 Å². The van der Waals surface area contributed by atoms with Crippen molar-refractivity contribution in [1.29, 1.82) is 0 Å². The van der Waals surface area contributed by atoms with Gasteiger partial charge in [0.05, 0.1) is 0 Å². The van der Waals surface area contributed by atoms with Gasteiger partial charge in [0.15, 0.2) is 6.04 Å². The summed E-state index contributed by atoms with van der Waals surface area (Å²) in [4.78, 5) is 24.8. The number of aliphatic carboxylic acids is 1. The number of nitrogens with zero attached hydrogens (tertiary/aromatic N) is 1. The largest absolute Gasteiger partial charge is 0.479 e. The number of carboxylic acids is 1. The Morgan fingerprint density at radius 2 is 1.95 bits per heavy atom. The number of urea groups is 1. The van der Waals surface area contributed by atoms with Crippen LogP contribution in [0.4, 0.5) is 4.79 Å². The Labute approximate surface area is 118 Å². The Morgan fingerprint density at radius 1 is 1.30 bits per heavy atom. The van der Waals surface area contributed by atoms with E-state index in [1.54, 1.807) is 37.3 Å². The molecule has 0 radical (unpaired) electrons. The summed E-state index contributed by atoms with van der Waals surface area (Å²) in [7, 11) is 0. The zero-order valence-electron chi connectivity index (χ0n) is 11.5. The first-order valence-electron chi connectivity index (χ1n) is 6.54. The van der Waals surface area contributed by atoms with Gasteiger partial charge in [-0.1, -0.05) is 30.3 Å². The first kappa shape index (κ1) is 16.0. The van der Waals surface area contributed by atoms with Crippen LogP contribution in [-0.2, 0) is 4.79 Å². The number of amides is 2. The maximum absolute atomic E-state index is 12.0. The minimum absolute atomic E-state index is 0.00910. The molecule has 0 aliphatic carbocycles. The van der Waals surface area contributed by atoms with Crippen molar-refractivity contribution >= 4 is 12.0 Å². The monoisotopic (exact) mass is 280 g/mol. The molecule has 0 spiro atoms. The standard InChI is InChI=1S/C14H20N2O4/c1-2-16(9-6-10-17)14(20)15-12(13(18)19)11-7-4-3-5-8-11/h3-5,7-8,12,17H,2,6,9-10H2,1H3,(H,15,20)(H,18,19)/t12-/m1/s1. The summed E-state index contributed by atoms with van der Waals surface area (Å²) in [5, 5.41) is 20.5. The highest BCUT2D eigenvalue weighted by atomic mass is 16.4. The van der Waals surface area contributed by atoms with Crippen molar-refractivity contribution in [3.63, 3.8) is 0 Å². The SMILES string of the molecule is CCN(CCCO)C(=O)N[C@@H](C(=O)O)c1ccccc1. The molecule has 0 aliphatic heterocycles. The molecule has 0 heterocycles. The maximum Gasteiger partial charge on any atom is 0.330 e. The summed E-state index contributed by atoms with van der Waals surface area (Å²) >= 11 is 0. The van der Waals surface area contributed by atoms with E-state index in [1.807, 2.05) is 0 Å². The smallest absolute Gasteiger partial charge is 0.330 e. The topological polar surface area (TPSA) is 89.9 Å². The third-order valence-corrected chi connectivity index (χ3v) is 2.90. The van der Waals surface area contributed by atoms with E-state index in [4.69, 9.17) is 5.11 Å². The highest BCUT2D eigenvalue weighted by Crippen LogP contribution is 2.13. The van der Waals surface area contributed by atoms with Gasteiger partial charge in [0, 0.05) is 19.7 Å². The molecular weight excluding hydrogens is 260 g/mol. The zero-order valence-corrected chi connectivity index (χ0v) is 11.5. The van der Waals surface area contributed by atoms with Crippen molar-refractivity contribution in [1.82, 2.24) is 10.2 Å². The van der Waals surface area contributed by atoms with Gasteiger partial charge < -0.3 is 20.4 Å². The molecular formula is C14H20N2O4. The number of benzene rings is 1. The van der Waals surface area contributed by atoms with Crippen LogP contribution >= 0.6 is 0 Å². The minimum Gasteiger partial charge on any atom is -0.479 e. The molecule has 0 saturated heterocycles. The number of hydrogen-bond acceptors (Lipinski definition) is 3. The average Bonchev–Trinajstić information content (AvgIpc) is 2.46. The lowest BCUT2D eigenvalue weighted by atomic mass is 10.1. The summed E-state index contributed by atoms with van der Waals surface area (Å²) in [6.07, 6.45) is 0.463. The van der Waals surface area contributed by atoms with Crippen LogP contribution in [-0.4, -0.2) is 46.8 Å². The molecule has 1 aromatic carbocycles. The highest BCUT2D eigenvalue weighted by molar-refractivity contribution is 5.83. The lowest BCUT2D eigenvalue weighted by Crippen LogP contribution is -2.44. The molecule has 6 heteroatoms. The highest BCUT2D eigenvalue weighted by Gasteiger charge is 2.23. The number of carboxylic acid groups (broad SMARTS) is 1. The zero-order chi connectivity index (χ0) is 15.0. The molecule has 3 N–H and O–H groups in total. The first-order chi connectivity index (χ1) is 9.60. The molecule has 2 amide bonds. The van der Waals surface area contributed by atoms with Gasteiger partial charge in [-0.25, -0.2) is 9.59 Å². The van der Waals surface area contributed by atoms with Crippen LogP contribution in [0.5, 0.6) is 0 Å². The van der Waals surface area contributed by atoms with E-state index in [0.717, 1.165) is 0 Å². The fraction of sp³-hybridized carbons (Fsp3) is 0.429. The summed E-state index contributed by atoms with van der Waals surface area (Å²) < 4.78 is 0. The Morgan fingerprint density at radius 3 is 2.45 bits per heavy atom. The van der Waals surface area contributed by atoms with Crippen LogP contribution in [0.1, 0.15) is 24.9 Å². The molecule has 6 nitrogen and oxygen atoms in total. The van der Waals surface area contributed by atoms with E-state index < -0.39 is 18.0 Å². The Balaban J connectivity index is 2.75. The van der Waals surface area contributed by atoms with Crippen LogP contribution in [0.2, 0.25) is 0 Å². The number of carbonyl (C=O) groups excluding carboxylic acids is 1. The Hall–Kier alpha value is -2.08. The third kappa shape index (κ3) is 4.55. The van der Waals surface area contributed by atoms with Gasteiger partial charge in [-0.3, -0.25) is 0 Å². The second-order valence-electron chi connectivity index (χ2n) is 4.29. The van der Waals surface area contributed by atoms with E-state index >= 15 is 0 Å². The number of hydrogen-bond donors (Lipinski definition) is 3. The molecule has 1 rings (SSSR count). The van der Waals surface area contributed by atoms with Crippen LogP contribution in [0, 0.1) is 0 Å². The minimum atomic E-state index is -1.11. The van der Waals surface area contributed by atoms with Crippen molar-refractivity contribution < 1.29 is 19.8 Å². The van der Waals surface area contributed by atoms with Crippen molar-refractivity contribution in [2.45, 2.75) is 19.4 Å². The molecule has 0 bridgehead atoms. The Bertz CT molecular complexity index is 436. The second kappa shape index (κ2) is 8.16. The molecule has 0 fully saturated rings. The predicted molar refractivity (Wildman–Crippen MR) is 74.3 cm³/mol. The summed E-state index contributed by atoms with van der Waals surface area (Å²) in [5.74, 6) is -1.11. The number of nitrogens with one attached hydrogen (secondary N) is 1. The van der Waals surface area contributed by atoms with E-state index in [9.17, 15) is 14.7 Å². The normalized spacial score (nSPS) is 11.7. The van der Waals surface area contributed by atoms with Crippen molar-refractivity contribution in [2.24, 2.45) is 0 Å². The van der Waals surface area contributed by atoms with E-state index in [-0.39, 0.29) is 6.61 Å². The fourth-order valence-corrected chi connectivity index (χ4v) is 1.81. The lowest BCUT2D eigenvalue weighted by molar-refractivity contribution is -0.139. The molecule has 0 saturated carbocycles. The summed E-state index contributed by atoms with van der Waals surface area (Å²) in [6.45, 7) is 2.63. The molecule has 0 aliphatic rings. The van der Waals surface area contributed by atoms with E-state index in [2.05, 4.69) is 5.32 Å². The molecule has 20 heavy (non-hydrogen) atoms. The first-order valence-corrected chi connectivity index (χ1v) is 6.54. The van der Waals surface area contributed by atoms with Gasteiger partial charge in [0.1, 0.15) is 0 Å². The molecule has 110 valence electrons. The van der Waals surface area contributed by atoms with Crippen LogP contribution in [0.15, 0.2) is 30.3 Å². The van der Waals surface area contributed by atoms with Crippen LogP contribution in [0.3, 0.4) is 0 Å². The number of rotatable bonds is 7. The quantitative estimate of drug-likeness (QED) is 0.700. The average molecular weight is 280 g/mol. The third-order valence-electron chi connectivity index (χ3n) is 2.90. The van der Waals surface area contributed by atoms with Crippen LogP contribution in [0.25, 0.3) is 0 Å². The van der Waals surface area contributed by atoms with Gasteiger partial charge >= 0.3 is 12.0 Å². The predicted octanol–water partition coefficient (Wildman–Crippen LogP) is 1.23. The molecule has 0 unspecified atom stereocenters. The Kier molecular flexibility index (Phi) is 6.52. The van der Waals surface area contributed by atoms with Gasteiger partial charge in [-0.05, 0) is 18.9 Å². The number of aliphatic hydroxyl groups excluding tert-OH is 1. The maximum atomic E-state index is 12.0. The van der Waals surface area contributed by atoms with Gasteiger partial charge in [-0.2, -0.15) is 0 Å². The van der Waals surface area contributed by atoms with Gasteiger partial charge in [-0.15, -0.1) is 0 Å². The molecule has 1 aromatic rings. The summed E-state index contributed by atoms with van der Waals surface area (Å²) in [5.41, 5.74) is 0.520. The van der Waals surface area contributed by atoms with Gasteiger partial charge in [0.2, 0.25) is 0 Å². The lowest BCUT2D eigenvalue weighted by Gasteiger charge is -2.23. The second-order valence-corrected chi connectivity index (χ2v) is 4.29. The van der Waals surface area contributed by atoms with Gasteiger partial charge in [0.25, 0.3) is 0 Å². The van der Waals surface area contributed by atoms with Crippen LogP contribution < -0.4 is 5.32 Å². The fourth-order valence-electron chi connectivity index (χ4n) is 1.81. The van der Waals surface area contributed by atoms with E-state index in [1.165, 1.54) is 4.90 Å². The molecule has 0 aromatic heterocycles. The van der Waals surface area contributed by atoms with E-state index in [0.29, 0.717) is 25.1 Å². The van der Waals surface area contributed by atoms with Crippen molar-refractivity contribution in [3.8, 4) is 0 Å². The molecule has 1 atom stereocenters.